The standard InChI is InChI=1S/C12H20ClNO/c1-9-6-7-14(12(15)8-13)11-5-3-2-4-10(9)11/h9-11H,2-8H2,1H3/t9-,10-,11-/m0/s1. The van der Waals surface area contributed by atoms with Gasteiger partial charge in [0.15, 0.2) is 0 Å². The van der Waals surface area contributed by atoms with Gasteiger partial charge in [0.25, 0.3) is 0 Å². The molecule has 1 aliphatic carbocycles. The Kier molecular flexibility index (Phi) is 3.55. The normalized spacial score (nSPS) is 36.1. The van der Waals surface area contributed by atoms with E-state index in [-0.39, 0.29) is 11.8 Å². The molecule has 2 aliphatic rings. The van der Waals surface area contributed by atoms with E-state index in [0.717, 1.165) is 24.8 Å². The van der Waals surface area contributed by atoms with Crippen molar-refractivity contribution >= 4 is 17.5 Å². The van der Waals surface area contributed by atoms with Gasteiger partial charge in [-0.05, 0) is 31.1 Å². The summed E-state index contributed by atoms with van der Waals surface area (Å²) >= 11 is 5.66. The van der Waals surface area contributed by atoms with E-state index in [0.29, 0.717) is 6.04 Å². The second-order valence-corrected chi connectivity index (χ2v) is 5.27. The van der Waals surface area contributed by atoms with Crippen molar-refractivity contribution in [3.63, 3.8) is 0 Å². The highest BCUT2D eigenvalue weighted by Crippen LogP contribution is 2.38. The molecule has 1 aliphatic heterocycles. The Balaban J connectivity index is 2.10. The second-order valence-electron chi connectivity index (χ2n) is 5.00. The Hall–Kier alpha value is -0.240. The van der Waals surface area contributed by atoms with E-state index >= 15 is 0 Å². The van der Waals surface area contributed by atoms with Gasteiger partial charge >= 0.3 is 0 Å². The maximum Gasteiger partial charge on any atom is 0.237 e. The van der Waals surface area contributed by atoms with Crippen molar-refractivity contribution in [1.82, 2.24) is 4.90 Å². The van der Waals surface area contributed by atoms with E-state index < -0.39 is 0 Å². The maximum atomic E-state index is 11.7. The van der Waals surface area contributed by atoms with Crippen molar-refractivity contribution in [2.75, 3.05) is 12.4 Å². The smallest absolute Gasteiger partial charge is 0.237 e. The highest BCUT2D eigenvalue weighted by Gasteiger charge is 2.38. The molecule has 15 heavy (non-hydrogen) atoms. The maximum absolute atomic E-state index is 11.7. The molecule has 0 bridgehead atoms. The van der Waals surface area contributed by atoms with Crippen molar-refractivity contribution < 1.29 is 4.79 Å². The number of hydrogen-bond donors (Lipinski definition) is 0. The number of carbonyl (C=O) groups excluding carboxylic acids is 1. The van der Waals surface area contributed by atoms with Crippen LogP contribution in [0.5, 0.6) is 0 Å². The molecule has 0 aromatic rings. The van der Waals surface area contributed by atoms with Gasteiger partial charge in [-0.3, -0.25) is 4.79 Å². The SMILES string of the molecule is C[C@H]1CCN(C(=O)CCl)[C@H]2CCCC[C@@H]12. The van der Waals surface area contributed by atoms with Crippen LogP contribution in [0.3, 0.4) is 0 Å². The third kappa shape index (κ3) is 2.15. The van der Waals surface area contributed by atoms with Crippen molar-refractivity contribution in [3.05, 3.63) is 0 Å². The number of rotatable bonds is 1. The molecule has 1 saturated carbocycles. The van der Waals surface area contributed by atoms with E-state index in [9.17, 15) is 4.79 Å². The molecular weight excluding hydrogens is 210 g/mol. The number of hydrogen-bond acceptors (Lipinski definition) is 1. The number of halogens is 1. The zero-order chi connectivity index (χ0) is 10.8. The van der Waals surface area contributed by atoms with E-state index in [1.807, 2.05) is 0 Å². The van der Waals surface area contributed by atoms with Crippen LogP contribution in [0.1, 0.15) is 39.0 Å². The first kappa shape index (κ1) is 11.3. The van der Waals surface area contributed by atoms with Crippen LogP contribution >= 0.6 is 11.6 Å². The lowest BCUT2D eigenvalue weighted by atomic mass is 9.72. The van der Waals surface area contributed by atoms with Gasteiger partial charge in [0.1, 0.15) is 5.88 Å². The fourth-order valence-corrected chi connectivity index (χ4v) is 3.45. The van der Waals surface area contributed by atoms with Gasteiger partial charge < -0.3 is 4.90 Å². The number of amides is 1. The molecule has 1 heterocycles. The molecule has 2 nitrogen and oxygen atoms in total. The minimum absolute atomic E-state index is 0.139. The van der Waals surface area contributed by atoms with Crippen LogP contribution in [0.4, 0.5) is 0 Å². The summed E-state index contributed by atoms with van der Waals surface area (Å²) in [6, 6.07) is 0.494. The van der Waals surface area contributed by atoms with Gasteiger partial charge in [-0.1, -0.05) is 19.8 Å². The van der Waals surface area contributed by atoms with Crippen molar-refractivity contribution in [2.24, 2.45) is 11.8 Å². The van der Waals surface area contributed by atoms with Crippen LogP contribution in [-0.2, 0) is 4.79 Å². The molecule has 0 unspecified atom stereocenters. The Morgan fingerprint density at radius 1 is 1.33 bits per heavy atom. The molecule has 0 radical (unpaired) electrons. The molecule has 2 fully saturated rings. The summed E-state index contributed by atoms with van der Waals surface area (Å²) in [6.07, 6.45) is 6.27. The number of alkyl halides is 1. The largest absolute Gasteiger partial charge is 0.338 e. The van der Waals surface area contributed by atoms with Crippen molar-refractivity contribution in [3.8, 4) is 0 Å². The Morgan fingerprint density at radius 3 is 2.80 bits per heavy atom. The summed E-state index contributed by atoms with van der Waals surface area (Å²) < 4.78 is 0. The van der Waals surface area contributed by atoms with Crippen LogP contribution in [0.15, 0.2) is 0 Å². The lowest BCUT2D eigenvalue weighted by Gasteiger charge is -2.47. The average molecular weight is 230 g/mol. The molecule has 0 N–H and O–H groups in total. The first-order chi connectivity index (χ1) is 7.24. The predicted molar refractivity (Wildman–Crippen MR) is 62.0 cm³/mol. The molecule has 86 valence electrons. The van der Waals surface area contributed by atoms with Gasteiger partial charge in [-0.15, -0.1) is 11.6 Å². The molecule has 3 atom stereocenters. The Morgan fingerprint density at radius 2 is 2.07 bits per heavy atom. The molecule has 0 spiro atoms. The van der Waals surface area contributed by atoms with Crippen LogP contribution < -0.4 is 0 Å². The first-order valence-corrected chi connectivity index (χ1v) is 6.63. The third-order valence-corrected chi connectivity index (χ3v) is 4.40. The minimum Gasteiger partial charge on any atom is -0.338 e. The van der Waals surface area contributed by atoms with Crippen molar-refractivity contribution in [2.45, 2.75) is 45.1 Å². The second kappa shape index (κ2) is 4.73. The van der Waals surface area contributed by atoms with Gasteiger partial charge in [0.05, 0.1) is 0 Å². The summed E-state index contributed by atoms with van der Waals surface area (Å²) in [5, 5.41) is 0. The van der Waals surface area contributed by atoms with Crippen LogP contribution in [0, 0.1) is 11.8 Å². The highest BCUT2D eigenvalue weighted by atomic mass is 35.5. The number of carbonyl (C=O) groups is 1. The number of fused-ring (bicyclic) bond motifs is 1. The highest BCUT2D eigenvalue weighted by molar-refractivity contribution is 6.27. The molecule has 1 amide bonds. The molecule has 0 aromatic heterocycles. The van der Waals surface area contributed by atoms with E-state index in [2.05, 4.69) is 11.8 Å². The molecule has 0 aromatic carbocycles. The van der Waals surface area contributed by atoms with Crippen LogP contribution in [0.2, 0.25) is 0 Å². The zero-order valence-corrected chi connectivity index (χ0v) is 10.2. The molecular formula is C12H20ClNO. The molecule has 3 heteroatoms. The zero-order valence-electron chi connectivity index (χ0n) is 9.42. The Labute approximate surface area is 97.0 Å². The lowest BCUT2D eigenvalue weighted by molar-refractivity contribution is -0.136. The number of likely N-dealkylation sites (tertiary alicyclic amines) is 1. The van der Waals surface area contributed by atoms with Crippen molar-refractivity contribution in [1.29, 1.82) is 0 Å². The minimum atomic E-state index is 0.139. The summed E-state index contributed by atoms with van der Waals surface area (Å²) in [5.41, 5.74) is 0. The topological polar surface area (TPSA) is 20.3 Å². The van der Waals surface area contributed by atoms with E-state index in [1.165, 1.54) is 25.7 Å². The summed E-state index contributed by atoms with van der Waals surface area (Å²) in [6.45, 7) is 3.26. The summed E-state index contributed by atoms with van der Waals surface area (Å²) in [4.78, 5) is 13.8. The molecule has 2 rings (SSSR count). The Bertz CT molecular complexity index is 244. The summed E-state index contributed by atoms with van der Waals surface area (Å²) in [7, 11) is 0. The predicted octanol–water partition coefficient (Wildman–Crippen LogP) is 2.65. The monoisotopic (exact) mass is 229 g/mol. The average Bonchev–Trinajstić information content (AvgIpc) is 2.29. The number of nitrogens with zero attached hydrogens (tertiary/aromatic N) is 1. The van der Waals surface area contributed by atoms with Gasteiger partial charge in [-0.25, -0.2) is 0 Å². The third-order valence-electron chi connectivity index (χ3n) is 4.17. The van der Waals surface area contributed by atoms with E-state index in [4.69, 9.17) is 11.6 Å². The van der Waals surface area contributed by atoms with E-state index in [1.54, 1.807) is 0 Å². The lowest BCUT2D eigenvalue weighted by Crippen LogP contribution is -2.52. The first-order valence-electron chi connectivity index (χ1n) is 6.09. The fraction of sp³-hybridized carbons (Fsp3) is 0.917. The summed E-state index contributed by atoms with van der Waals surface area (Å²) in [5.74, 6) is 1.81. The number of piperidine rings is 1. The van der Waals surface area contributed by atoms with Crippen LogP contribution in [-0.4, -0.2) is 29.3 Å². The molecule has 1 saturated heterocycles. The fourth-order valence-electron chi connectivity index (χ4n) is 3.30. The van der Waals surface area contributed by atoms with Crippen LogP contribution in [0.25, 0.3) is 0 Å². The van der Waals surface area contributed by atoms with Gasteiger partial charge in [0.2, 0.25) is 5.91 Å². The quantitative estimate of drug-likeness (QED) is 0.633. The van der Waals surface area contributed by atoms with Gasteiger partial charge in [0, 0.05) is 12.6 Å². The van der Waals surface area contributed by atoms with Gasteiger partial charge in [-0.2, -0.15) is 0 Å².